The van der Waals surface area contributed by atoms with Crippen molar-refractivity contribution in [3.8, 4) is 5.75 Å². The number of nitrogens with zero attached hydrogens (tertiary/aromatic N) is 2. The van der Waals surface area contributed by atoms with Gasteiger partial charge in [0.25, 0.3) is 5.91 Å². The summed E-state index contributed by atoms with van der Waals surface area (Å²) in [6.07, 6.45) is 3.94. The molecule has 1 saturated heterocycles. The van der Waals surface area contributed by atoms with Crippen molar-refractivity contribution in [1.82, 2.24) is 4.98 Å². The van der Waals surface area contributed by atoms with Crippen molar-refractivity contribution in [3.63, 3.8) is 0 Å². The number of amides is 1. The number of hydrogen-bond acceptors (Lipinski definition) is 4. The largest absolute Gasteiger partial charge is 0.505 e. The molecule has 1 aliphatic heterocycles. The fraction of sp³-hybridized carbons (Fsp3) is 0.250. The van der Waals surface area contributed by atoms with Crippen LogP contribution in [0.2, 0.25) is 0 Å². The standard InChI is InChI=1S/C16H17N3O2/c20-14-4-3-9-17-15(14)16(21)18-12-5-7-13(8-6-12)19-10-1-2-11-19/h3-9,20H,1-2,10-11H2,(H,18,21). The molecule has 1 aromatic carbocycles. The second kappa shape index (κ2) is 5.83. The lowest BCUT2D eigenvalue weighted by Gasteiger charge is -2.17. The third kappa shape index (κ3) is 2.97. The van der Waals surface area contributed by atoms with E-state index in [1.807, 2.05) is 24.3 Å². The van der Waals surface area contributed by atoms with Crippen LogP contribution in [0.3, 0.4) is 0 Å². The Morgan fingerprint density at radius 2 is 1.86 bits per heavy atom. The number of hydrogen-bond donors (Lipinski definition) is 2. The SMILES string of the molecule is O=C(Nc1ccc(N2CCCC2)cc1)c1ncccc1O. The Morgan fingerprint density at radius 3 is 2.52 bits per heavy atom. The lowest BCUT2D eigenvalue weighted by molar-refractivity contribution is 0.101. The predicted octanol–water partition coefficient (Wildman–Crippen LogP) is 2.64. The highest BCUT2D eigenvalue weighted by atomic mass is 16.3. The second-order valence-electron chi connectivity index (χ2n) is 5.07. The van der Waals surface area contributed by atoms with Gasteiger partial charge in [0, 0.05) is 30.7 Å². The zero-order valence-electron chi connectivity index (χ0n) is 11.6. The summed E-state index contributed by atoms with van der Waals surface area (Å²) in [7, 11) is 0. The van der Waals surface area contributed by atoms with Gasteiger partial charge in [-0.1, -0.05) is 0 Å². The maximum absolute atomic E-state index is 12.0. The molecule has 0 unspecified atom stereocenters. The number of carbonyl (C=O) groups is 1. The lowest BCUT2D eigenvalue weighted by Crippen LogP contribution is -2.17. The molecule has 0 spiro atoms. The van der Waals surface area contributed by atoms with Gasteiger partial charge in [-0.05, 0) is 49.2 Å². The maximum atomic E-state index is 12.0. The highest BCUT2D eigenvalue weighted by Gasteiger charge is 2.14. The average molecular weight is 283 g/mol. The molecule has 21 heavy (non-hydrogen) atoms. The Kier molecular flexibility index (Phi) is 3.73. The zero-order chi connectivity index (χ0) is 14.7. The summed E-state index contributed by atoms with van der Waals surface area (Å²) in [6, 6.07) is 10.8. The molecule has 2 heterocycles. The molecule has 1 aliphatic rings. The number of nitrogens with one attached hydrogen (secondary N) is 1. The average Bonchev–Trinajstić information content (AvgIpc) is 3.02. The topological polar surface area (TPSA) is 65.5 Å². The van der Waals surface area contributed by atoms with Crippen LogP contribution >= 0.6 is 0 Å². The van der Waals surface area contributed by atoms with Crippen molar-refractivity contribution in [2.75, 3.05) is 23.3 Å². The number of pyridine rings is 1. The van der Waals surface area contributed by atoms with Gasteiger partial charge in [0.15, 0.2) is 5.69 Å². The van der Waals surface area contributed by atoms with Crippen LogP contribution in [0.15, 0.2) is 42.6 Å². The van der Waals surface area contributed by atoms with E-state index in [0.29, 0.717) is 5.69 Å². The number of benzene rings is 1. The highest BCUT2D eigenvalue weighted by molar-refractivity contribution is 6.04. The Labute approximate surface area is 123 Å². The van der Waals surface area contributed by atoms with Crippen molar-refractivity contribution >= 4 is 17.3 Å². The van der Waals surface area contributed by atoms with E-state index in [-0.39, 0.29) is 11.4 Å². The zero-order valence-corrected chi connectivity index (χ0v) is 11.6. The van der Waals surface area contributed by atoms with Gasteiger partial charge in [-0.25, -0.2) is 4.98 Å². The molecule has 3 rings (SSSR count). The highest BCUT2D eigenvalue weighted by Crippen LogP contribution is 2.22. The Bertz CT molecular complexity index is 634. The van der Waals surface area contributed by atoms with Gasteiger partial charge in [-0.3, -0.25) is 4.79 Å². The molecule has 2 N–H and O–H groups in total. The maximum Gasteiger partial charge on any atom is 0.278 e. The molecule has 0 saturated carbocycles. The van der Waals surface area contributed by atoms with E-state index in [1.165, 1.54) is 30.8 Å². The molecule has 2 aromatic rings. The van der Waals surface area contributed by atoms with Crippen LogP contribution in [0.5, 0.6) is 5.75 Å². The molecule has 5 nitrogen and oxygen atoms in total. The minimum Gasteiger partial charge on any atom is -0.505 e. The van der Waals surface area contributed by atoms with E-state index in [0.717, 1.165) is 13.1 Å². The van der Waals surface area contributed by atoms with Crippen molar-refractivity contribution in [1.29, 1.82) is 0 Å². The van der Waals surface area contributed by atoms with E-state index in [4.69, 9.17) is 0 Å². The summed E-state index contributed by atoms with van der Waals surface area (Å²) in [6.45, 7) is 2.18. The Morgan fingerprint density at radius 1 is 1.14 bits per heavy atom. The van der Waals surface area contributed by atoms with E-state index < -0.39 is 5.91 Å². The van der Waals surface area contributed by atoms with Crippen molar-refractivity contribution < 1.29 is 9.90 Å². The van der Waals surface area contributed by atoms with Crippen molar-refractivity contribution in [2.24, 2.45) is 0 Å². The fourth-order valence-corrected chi connectivity index (χ4v) is 2.49. The molecule has 0 bridgehead atoms. The van der Waals surface area contributed by atoms with Crippen LogP contribution in [0, 0.1) is 0 Å². The lowest BCUT2D eigenvalue weighted by atomic mass is 10.2. The van der Waals surface area contributed by atoms with Gasteiger partial charge in [-0.2, -0.15) is 0 Å². The van der Waals surface area contributed by atoms with Crippen LogP contribution < -0.4 is 10.2 Å². The van der Waals surface area contributed by atoms with E-state index in [2.05, 4.69) is 15.2 Å². The summed E-state index contributed by atoms with van der Waals surface area (Å²) in [5.41, 5.74) is 1.89. The molecule has 108 valence electrons. The number of aromatic hydroxyl groups is 1. The van der Waals surface area contributed by atoms with Gasteiger partial charge in [0.2, 0.25) is 0 Å². The fourth-order valence-electron chi connectivity index (χ4n) is 2.49. The molecule has 1 fully saturated rings. The van der Waals surface area contributed by atoms with E-state index in [1.54, 1.807) is 6.07 Å². The van der Waals surface area contributed by atoms with Gasteiger partial charge in [0.05, 0.1) is 0 Å². The van der Waals surface area contributed by atoms with Crippen LogP contribution in [0.25, 0.3) is 0 Å². The minimum absolute atomic E-state index is 0.0288. The summed E-state index contributed by atoms with van der Waals surface area (Å²) in [4.78, 5) is 18.2. The summed E-state index contributed by atoms with van der Waals surface area (Å²) < 4.78 is 0. The smallest absolute Gasteiger partial charge is 0.278 e. The number of aromatic nitrogens is 1. The van der Waals surface area contributed by atoms with Crippen LogP contribution in [0.4, 0.5) is 11.4 Å². The summed E-state index contributed by atoms with van der Waals surface area (Å²) in [5.74, 6) is -0.536. The quantitative estimate of drug-likeness (QED) is 0.909. The first kappa shape index (κ1) is 13.4. The third-order valence-corrected chi connectivity index (χ3v) is 3.60. The monoisotopic (exact) mass is 283 g/mol. The van der Waals surface area contributed by atoms with Gasteiger partial charge >= 0.3 is 0 Å². The molecule has 1 amide bonds. The van der Waals surface area contributed by atoms with E-state index in [9.17, 15) is 9.90 Å². The molecule has 0 radical (unpaired) electrons. The van der Waals surface area contributed by atoms with Crippen LogP contribution in [0.1, 0.15) is 23.3 Å². The first-order valence-corrected chi connectivity index (χ1v) is 7.04. The predicted molar refractivity (Wildman–Crippen MR) is 81.7 cm³/mol. The summed E-state index contributed by atoms with van der Waals surface area (Å²) >= 11 is 0. The van der Waals surface area contributed by atoms with Crippen molar-refractivity contribution in [3.05, 3.63) is 48.3 Å². The molecule has 0 aliphatic carbocycles. The number of carbonyl (C=O) groups excluding carboxylic acids is 1. The van der Waals surface area contributed by atoms with E-state index >= 15 is 0 Å². The molecular formula is C16H17N3O2. The van der Waals surface area contributed by atoms with Gasteiger partial charge in [-0.15, -0.1) is 0 Å². The normalized spacial score (nSPS) is 14.2. The molecule has 1 aromatic heterocycles. The van der Waals surface area contributed by atoms with Gasteiger partial charge in [0.1, 0.15) is 5.75 Å². The minimum atomic E-state index is -0.415. The first-order chi connectivity index (χ1) is 10.2. The summed E-state index contributed by atoms with van der Waals surface area (Å²) in [5, 5.41) is 12.4. The Hall–Kier alpha value is -2.56. The number of rotatable bonds is 3. The van der Waals surface area contributed by atoms with Crippen LogP contribution in [-0.4, -0.2) is 29.1 Å². The number of anilines is 2. The van der Waals surface area contributed by atoms with Crippen molar-refractivity contribution in [2.45, 2.75) is 12.8 Å². The Balaban J connectivity index is 1.70. The van der Waals surface area contributed by atoms with Crippen LogP contribution in [-0.2, 0) is 0 Å². The van der Waals surface area contributed by atoms with Gasteiger partial charge < -0.3 is 15.3 Å². The molecular weight excluding hydrogens is 266 g/mol. The first-order valence-electron chi connectivity index (χ1n) is 7.04. The third-order valence-electron chi connectivity index (χ3n) is 3.60. The molecule has 5 heteroatoms. The second-order valence-corrected chi connectivity index (χ2v) is 5.07. The molecule has 0 atom stereocenters.